The van der Waals surface area contributed by atoms with Crippen LogP contribution < -0.4 is 5.32 Å². The van der Waals surface area contributed by atoms with Crippen LogP contribution in [0, 0.1) is 20.6 Å². The highest BCUT2D eigenvalue weighted by atomic mass is 127. The minimum atomic E-state index is -0.351. The van der Waals surface area contributed by atoms with Crippen molar-refractivity contribution in [2.75, 3.05) is 5.32 Å². The number of nitrogens with one attached hydrogen (secondary N) is 1. The highest BCUT2D eigenvalue weighted by Crippen LogP contribution is 2.25. The van der Waals surface area contributed by atoms with E-state index in [-0.39, 0.29) is 16.7 Å². The van der Waals surface area contributed by atoms with E-state index in [9.17, 15) is 10.1 Å². The number of hydrogen-bond acceptors (Lipinski definition) is 3. The van der Waals surface area contributed by atoms with E-state index in [2.05, 4.69) is 40.0 Å². The van der Waals surface area contributed by atoms with E-state index in [1.165, 1.54) is 3.57 Å². The minimum Gasteiger partial charge on any atom is -0.378 e. The van der Waals surface area contributed by atoms with Gasteiger partial charge in [0.05, 0.1) is 4.92 Å². The molecule has 0 saturated heterocycles. The van der Waals surface area contributed by atoms with Gasteiger partial charge in [0.25, 0.3) is 5.69 Å². The number of halogens is 1. The lowest BCUT2D eigenvalue weighted by atomic mass is 10.1. The second-order valence-electron chi connectivity index (χ2n) is 4.68. The number of rotatable bonds is 4. The van der Waals surface area contributed by atoms with Gasteiger partial charge in [-0.05, 0) is 60.2 Å². The van der Waals surface area contributed by atoms with Crippen molar-refractivity contribution in [3.05, 3.63) is 67.3 Å². The Hall–Kier alpha value is -1.63. The fourth-order valence-corrected chi connectivity index (χ4v) is 2.34. The van der Waals surface area contributed by atoms with Gasteiger partial charge in [-0.1, -0.05) is 18.2 Å². The monoisotopic (exact) mass is 382 g/mol. The van der Waals surface area contributed by atoms with Crippen LogP contribution in [0.2, 0.25) is 0 Å². The summed E-state index contributed by atoms with van der Waals surface area (Å²) in [6, 6.07) is 13.5. The van der Waals surface area contributed by atoms with Gasteiger partial charge in [0.15, 0.2) is 0 Å². The van der Waals surface area contributed by atoms with Crippen molar-refractivity contribution in [3.8, 4) is 0 Å². The summed E-state index contributed by atoms with van der Waals surface area (Å²) in [6.07, 6.45) is 0. The normalized spacial score (nSPS) is 11.9. The molecule has 0 bridgehead atoms. The molecule has 1 unspecified atom stereocenters. The van der Waals surface area contributed by atoms with Crippen molar-refractivity contribution in [3.63, 3.8) is 0 Å². The highest BCUT2D eigenvalue weighted by molar-refractivity contribution is 14.1. The van der Waals surface area contributed by atoms with Crippen molar-refractivity contribution in [2.24, 2.45) is 0 Å². The van der Waals surface area contributed by atoms with E-state index in [0.717, 1.165) is 11.3 Å². The van der Waals surface area contributed by atoms with E-state index in [1.54, 1.807) is 19.1 Å². The zero-order valence-corrected chi connectivity index (χ0v) is 13.4. The molecule has 0 saturated carbocycles. The average Bonchev–Trinajstić information content (AvgIpc) is 2.41. The molecule has 1 atom stereocenters. The number of nitro benzene ring substituents is 1. The minimum absolute atomic E-state index is 0.0920. The van der Waals surface area contributed by atoms with Gasteiger partial charge in [0.1, 0.15) is 0 Å². The number of aryl methyl sites for hydroxylation is 1. The molecule has 2 aromatic rings. The molecule has 0 heterocycles. The summed E-state index contributed by atoms with van der Waals surface area (Å²) in [6.45, 7) is 3.78. The van der Waals surface area contributed by atoms with Gasteiger partial charge in [-0.2, -0.15) is 0 Å². The zero-order chi connectivity index (χ0) is 14.7. The fourth-order valence-electron chi connectivity index (χ4n) is 1.98. The van der Waals surface area contributed by atoms with E-state index >= 15 is 0 Å². The van der Waals surface area contributed by atoms with E-state index in [1.807, 2.05) is 25.1 Å². The van der Waals surface area contributed by atoms with Crippen LogP contribution in [0.5, 0.6) is 0 Å². The molecule has 0 spiro atoms. The molecule has 5 heteroatoms. The lowest BCUT2D eigenvalue weighted by Gasteiger charge is -2.16. The summed E-state index contributed by atoms with van der Waals surface area (Å²) in [4.78, 5) is 10.6. The Labute approximate surface area is 131 Å². The Balaban J connectivity index is 2.19. The number of nitrogens with zero attached hydrogens (tertiary/aromatic N) is 1. The maximum absolute atomic E-state index is 10.9. The van der Waals surface area contributed by atoms with E-state index in [4.69, 9.17) is 0 Å². The maximum Gasteiger partial charge on any atom is 0.274 e. The first-order valence-corrected chi connectivity index (χ1v) is 7.32. The Morgan fingerprint density at radius 1 is 1.20 bits per heavy atom. The topological polar surface area (TPSA) is 55.2 Å². The molecule has 4 nitrogen and oxygen atoms in total. The first-order valence-electron chi connectivity index (χ1n) is 6.24. The number of benzene rings is 2. The molecular formula is C15H15IN2O2. The van der Waals surface area contributed by atoms with Gasteiger partial charge < -0.3 is 5.32 Å². The predicted molar refractivity (Wildman–Crippen MR) is 89.0 cm³/mol. The predicted octanol–water partition coefficient (Wildman–Crippen LogP) is 4.68. The van der Waals surface area contributed by atoms with Gasteiger partial charge in [0, 0.05) is 26.9 Å². The van der Waals surface area contributed by atoms with Crippen LogP contribution in [0.15, 0.2) is 42.5 Å². The molecule has 20 heavy (non-hydrogen) atoms. The molecule has 104 valence electrons. The van der Waals surface area contributed by atoms with Crippen molar-refractivity contribution in [2.45, 2.75) is 19.9 Å². The van der Waals surface area contributed by atoms with Crippen LogP contribution in [-0.2, 0) is 0 Å². The molecule has 2 aromatic carbocycles. The Bertz CT molecular complexity index is 626. The average molecular weight is 382 g/mol. The summed E-state index contributed by atoms with van der Waals surface area (Å²) in [5.74, 6) is 0. The smallest absolute Gasteiger partial charge is 0.274 e. The Morgan fingerprint density at radius 3 is 2.45 bits per heavy atom. The summed E-state index contributed by atoms with van der Waals surface area (Å²) in [7, 11) is 0. The summed E-state index contributed by atoms with van der Waals surface area (Å²) in [5, 5.41) is 14.2. The molecule has 0 amide bonds. The number of hydrogen-bond donors (Lipinski definition) is 1. The Kier molecular flexibility index (Phi) is 4.59. The first-order chi connectivity index (χ1) is 9.47. The molecule has 1 N–H and O–H groups in total. The standard InChI is InChI=1S/C15H15IN2O2/c1-10-3-8-14(9-15(10)18(19)20)17-11(2)12-4-6-13(16)7-5-12/h3-9,11,17H,1-2H3. The van der Waals surface area contributed by atoms with Crippen molar-refractivity contribution in [1.29, 1.82) is 0 Å². The lowest BCUT2D eigenvalue weighted by molar-refractivity contribution is -0.385. The lowest BCUT2D eigenvalue weighted by Crippen LogP contribution is -2.07. The van der Waals surface area contributed by atoms with E-state index < -0.39 is 0 Å². The molecule has 0 aliphatic heterocycles. The summed E-state index contributed by atoms with van der Waals surface area (Å²) in [5.41, 5.74) is 2.72. The summed E-state index contributed by atoms with van der Waals surface area (Å²) >= 11 is 2.26. The Morgan fingerprint density at radius 2 is 1.85 bits per heavy atom. The number of anilines is 1. The molecule has 0 aliphatic rings. The van der Waals surface area contributed by atoms with Crippen LogP contribution in [0.25, 0.3) is 0 Å². The van der Waals surface area contributed by atoms with Crippen LogP contribution in [0.4, 0.5) is 11.4 Å². The van der Waals surface area contributed by atoms with Gasteiger partial charge in [-0.15, -0.1) is 0 Å². The van der Waals surface area contributed by atoms with Crippen molar-refractivity contribution < 1.29 is 4.92 Å². The largest absolute Gasteiger partial charge is 0.378 e. The first kappa shape index (κ1) is 14.8. The van der Waals surface area contributed by atoms with Gasteiger partial charge in [-0.3, -0.25) is 10.1 Å². The molecule has 2 rings (SSSR count). The zero-order valence-electron chi connectivity index (χ0n) is 11.3. The van der Waals surface area contributed by atoms with Crippen LogP contribution >= 0.6 is 22.6 Å². The van der Waals surface area contributed by atoms with Crippen LogP contribution in [-0.4, -0.2) is 4.92 Å². The van der Waals surface area contributed by atoms with Crippen molar-refractivity contribution >= 4 is 34.0 Å². The SMILES string of the molecule is Cc1ccc(NC(C)c2ccc(I)cc2)cc1[N+](=O)[O-]. The van der Waals surface area contributed by atoms with Crippen LogP contribution in [0.3, 0.4) is 0 Å². The second-order valence-corrected chi connectivity index (χ2v) is 5.92. The molecule has 0 aliphatic carbocycles. The third-order valence-electron chi connectivity index (χ3n) is 3.16. The van der Waals surface area contributed by atoms with Gasteiger partial charge in [0.2, 0.25) is 0 Å². The van der Waals surface area contributed by atoms with E-state index in [0.29, 0.717) is 5.56 Å². The second kappa shape index (κ2) is 6.21. The molecule has 0 fully saturated rings. The van der Waals surface area contributed by atoms with Gasteiger partial charge in [-0.25, -0.2) is 0 Å². The van der Waals surface area contributed by atoms with Gasteiger partial charge >= 0.3 is 0 Å². The third-order valence-corrected chi connectivity index (χ3v) is 3.88. The van der Waals surface area contributed by atoms with Crippen molar-refractivity contribution in [1.82, 2.24) is 0 Å². The molecule has 0 radical (unpaired) electrons. The quantitative estimate of drug-likeness (QED) is 0.475. The van der Waals surface area contributed by atoms with Crippen LogP contribution in [0.1, 0.15) is 24.1 Å². The molecule has 0 aromatic heterocycles. The number of nitro groups is 1. The summed E-state index contributed by atoms with van der Waals surface area (Å²) < 4.78 is 1.18. The fraction of sp³-hybridized carbons (Fsp3) is 0.200. The third kappa shape index (κ3) is 3.47. The maximum atomic E-state index is 10.9. The molecular weight excluding hydrogens is 367 g/mol. The highest BCUT2D eigenvalue weighted by Gasteiger charge is 2.12.